The summed E-state index contributed by atoms with van der Waals surface area (Å²) in [5.41, 5.74) is 2.75. The maximum atomic E-state index is 12.5. The molecular weight excluding hydrogens is 478 g/mol. The number of fused-ring (bicyclic) bond motifs is 1. The number of hydrazone groups is 1. The zero-order valence-electron chi connectivity index (χ0n) is 16.5. The Morgan fingerprint density at radius 1 is 1.19 bits per heavy atom. The molecule has 0 unspecified atom stereocenters. The molecule has 0 aliphatic rings. The lowest BCUT2D eigenvalue weighted by Gasteiger charge is -2.04. The highest BCUT2D eigenvalue weighted by Crippen LogP contribution is 2.25. The van der Waals surface area contributed by atoms with Crippen LogP contribution in [0.15, 0.2) is 76.4 Å². The standard InChI is InChI=1S/C22H16BrN5O4/c23-16-8-5-14(6-9-16)12-27-13-19(28(31)32)21(26-27)22(30)25-24-11-18-17-4-2-1-3-15(17)7-10-20(18)29/h1-11,13,29H,12H2,(H,25,30)/b24-11+. The maximum Gasteiger partial charge on any atom is 0.320 e. The molecule has 0 fully saturated rings. The van der Waals surface area contributed by atoms with E-state index < -0.39 is 16.5 Å². The molecule has 4 rings (SSSR count). The van der Waals surface area contributed by atoms with Gasteiger partial charge in [-0.25, -0.2) is 5.43 Å². The fourth-order valence-corrected chi connectivity index (χ4v) is 3.46. The van der Waals surface area contributed by atoms with Gasteiger partial charge < -0.3 is 5.11 Å². The molecule has 1 amide bonds. The summed E-state index contributed by atoms with van der Waals surface area (Å²) in [7, 11) is 0. The molecule has 3 aromatic carbocycles. The molecule has 0 atom stereocenters. The van der Waals surface area contributed by atoms with E-state index in [1.54, 1.807) is 6.07 Å². The van der Waals surface area contributed by atoms with Crippen LogP contribution in [0.4, 0.5) is 5.69 Å². The Hall–Kier alpha value is -4.05. The number of amides is 1. The monoisotopic (exact) mass is 493 g/mol. The second-order valence-electron chi connectivity index (χ2n) is 6.86. The van der Waals surface area contributed by atoms with Crippen LogP contribution < -0.4 is 5.43 Å². The van der Waals surface area contributed by atoms with Crippen molar-refractivity contribution in [1.29, 1.82) is 0 Å². The third-order valence-electron chi connectivity index (χ3n) is 4.72. The van der Waals surface area contributed by atoms with Crippen molar-refractivity contribution in [3.63, 3.8) is 0 Å². The Bertz CT molecular complexity index is 1350. The lowest BCUT2D eigenvalue weighted by atomic mass is 10.0. The summed E-state index contributed by atoms with van der Waals surface area (Å²) in [6, 6.07) is 18.1. The van der Waals surface area contributed by atoms with E-state index in [0.29, 0.717) is 5.56 Å². The topological polar surface area (TPSA) is 123 Å². The van der Waals surface area contributed by atoms with E-state index in [4.69, 9.17) is 0 Å². The predicted molar refractivity (Wildman–Crippen MR) is 123 cm³/mol. The highest BCUT2D eigenvalue weighted by Gasteiger charge is 2.25. The molecule has 4 aromatic rings. The molecule has 2 N–H and O–H groups in total. The molecule has 0 spiro atoms. The molecule has 1 heterocycles. The van der Waals surface area contributed by atoms with E-state index in [0.717, 1.165) is 20.8 Å². The zero-order chi connectivity index (χ0) is 22.7. The summed E-state index contributed by atoms with van der Waals surface area (Å²) in [4.78, 5) is 23.3. The summed E-state index contributed by atoms with van der Waals surface area (Å²) in [5, 5.41) is 31.1. The molecule has 10 heteroatoms. The van der Waals surface area contributed by atoms with Gasteiger partial charge in [-0.3, -0.25) is 19.6 Å². The van der Waals surface area contributed by atoms with E-state index in [-0.39, 0.29) is 18.0 Å². The van der Waals surface area contributed by atoms with E-state index in [9.17, 15) is 20.0 Å². The Kier molecular flexibility index (Phi) is 5.95. The van der Waals surface area contributed by atoms with Crippen molar-refractivity contribution in [2.24, 2.45) is 5.10 Å². The zero-order valence-corrected chi connectivity index (χ0v) is 18.1. The van der Waals surface area contributed by atoms with Crippen molar-refractivity contribution < 1.29 is 14.8 Å². The Balaban J connectivity index is 1.55. The number of nitrogens with zero attached hydrogens (tertiary/aromatic N) is 4. The number of aromatic nitrogens is 2. The van der Waals surface area contributed by atoms with Crippen LogP contribution in [0, 0.1) is 10.1 Å². The van der Waals surface area contributed by atoms with Gasteiger partial charge in [0.05, 0.1) is 17.7 Å². The smallest absolute Gasteiger partial charge is 0.320 e. The number of phenolic OH excluding ortho intramolecular Hbond substituents is 1. The van der Waals surface area contributed by atoms with E-state index in [1.807, 2.05) is 48.5 Å². The van der Waals surface area contributed by atoms with Crippen molar-refractivity contribution in [3.8, 4) is 5.75 Å². The summed E-state index contributed by atoms with van der Waals surface area (Å²) in [6.07, 6.45) is 2.50. The largest absolute Gasteiger partial charge is 0.507 e. The van der Waals surface area contributed by atoms with Crippen LogP contribution in [0.3, 0.4) is 0 Å². The summed E-state index contributed by atoms with van der Waals surface area (Å²) in [5.74, 6) is -0.839. The van der Waals surface area contributed by atoms with Gasteiger partial charge in [0, 0.05) is 10.0 Å². The van der Waals surface area contributed by atoms with Crippen LogP contribution in [0.1, 0.15) is 21.6 Å². The second-order valence-corrected chi connectivity index (χ2v) is 7.78. The molecule has 160 valence electrons. The minimum Gasteiger partial charge on any atom is -0.507 e. The summed E-state index contributed by atoms with van der Waals surface area (Å²) in [6.45, 7) is 0.258. The van der Waals surface area contributed by atoms with Gasteiger partial charge in [0.2, 0.25) is 5.69 Å². The molecule has 0 aliphatic carbocycles. The van der Waals surface area contributed by atoms with Gasteiger partial charge in [-0.2, -0.15) is 10.2 Å². The molecule has 0 bridgehead atoms. The van der Waals surface area contributed by atoms with Crippen molar-refractivity contribution in [2.75, 3.05) is 0 Å². The van der Waals surface area contributed by atoms with Crippen LogP contribution in [-0.4, -0.2) is 31.9 Å². The molecule has 1 aromatic heterocycles. The SMILES string of the molecule is O=C(N/N=C/c1c(O)ccc2ccccc12)c1nn(Cc2ccc(Br)cc2)cc1[N+](=O)[O-]. The first-order valence-electron chi connectivity index (χ1n) is 9.43. The number of hydrogen-bond donors (Lipinski definition) is 2. The van der Waals surface area contributed by atoms with E-state index >= 15 is 0 Å². The molecular formula is C22H16BrN5O4. The number of nitrogens with one attached hydrogen (secondary N) is 1. The van der Waals surface area contributed by atoms with Crippen LogP contribution >= 0.6 is 15.9 Å². The number of rotatable bonds is 6. The number of nitro groups is 1. The maximum absolute atomic E-state index is 12.5. The van der Waals surface area contributed by atoms with E-state index in [2.05, 4.69) is 31.6 Å². The molecule has 9 nitrogen and oxygen atoms in total. The molecule has 0 radical (unpaired) electrons. The van der Waals surface area contributed by atoms with Crippen LogP contribution in [0.5, 0.6) is 5.75 Å². The van der Waals surface area contributed by atoms with Gasteiger partial charge in [-0.1, -0.05) is 58.4 Å². The Morgan fingerprint density at radius 3 is 2.69 bits per heavy atom. The highest BCUT2D eigenvalue weighted by atomic mass is 79.9. The minimum atomic E-state index is -0.831. The predicted octanol–water partition coefficient (Wildman–Crippen LogP) is 4.22. The normalized spacial score (nSPS) is 11.2. The van der Waals surface area contributed by atoms with Crippen LogP contribution in [0.25, 0.3) is 10.8 Å². The highest BCUT2D eigenvalue weighted by molar-refractivity contribution is 9.10. The van der Waals surface area contributed by atoms with Gasteiger partial charge in [-0.15, -0.1) is 0 Å². The van der Waals surface area contributed by atoms with Crippen molar-refractivity contribution in [3.05, 3.63) is 98.3 Å². The van der Waals surface area contributed by atoms with Crippen LogP contribution in [0.2, 0.25) is 0 Å². The fourth-order valence-electron chi connectivity index (χ4n) is 3.19. The first-order chi connectivity index (χ1) is 15.4. The fraction of sp³-hybridized carbons (Fsp3) is 0.0455. The van der Waals surface area contributed by atoms with Gasteiger partial charge >= 0.3 is 5.69 Å². The quantitative estimate of drug-likeness (QED) is 0.236. The van der Waals surface area contributed by atoms with E-state index in [1.165, 1.54) is 23.2 Å². The van der Waals surface area contributed by atoms with Gasteiger partial charge in [0.25, 0.3) is 5.91 Å². The minimum absolute atomic E-state index is 0.00791. The first kappa shape index (κ1) is 21.2. The first-order valence-corrected chi connectivity index (χ1v) is 10.2. The average molecular weight is 494 g/mol. The van der Waals surface area contributed by atoms with Gasteiger partial charge in [0.15, 0.2) is 0 Å². The van der Waals surface area contributed by atoms with Gasteiger partial charge in [-0.05, 0) is 34.5 Å². The number of hydrogen-bond acceptors (Lipinski definition) is 6. The second kappa shape index (κ2) is 8.98. The van der Waals surface area contributed by atoms with Crippen LogP contribution in [-0.2, 0) is 6.54 Å². The third-order valence-corrected chi connectivity index (χ3v) is 5.25. The molecule has 0 saturated heterocycles. The van der Waals surface area contributed by atoms with Crippen molar-refractivity contribution in [2.45, 2.75) is 6.54 Å². The average Bonchev–Trinajstić information content (AvgIpc) is 3.21. The Labute approximate surface area is 190 Å². The summed E-state index contributed by atoms with van der Waals surface area (Å²) >= 11 is 3.35. The molecule has 0 aliphatic heterocycles. The Morgan fingerprint density at radius 2 is 1.94 bits per heavy atom. The number of carbonyl (C=O) groups is 1. The lowest BCUT2D eigenvalue weighted by Crippen LogP contribution is -2.19. The number of aromatic hydroxyl groups is 1. The van der Waals surface area contributed by atoms with Crippen molar-refractivity contribution in [1.82, 2.24) is 15.2 Å². The number of phenols is 1. The van der Waals surface area contributed by atoms with Crippen molar-refractivity contribution >= 4 is 44.5 Å². The number of carbonyl (C=O) groups excluding carboxylic acids is 1. The van der Waals surface area contributed by atoms with Gasteiger partial charge in [0.1, 0.15) is 11.9 Å². The number of benzene rings is 3. The molecule has 32 heavy (non-hydrogen) atoms. The molecule has 0 saturated carbocycles. The summed E-state index contributed by atoms with van der Waals surface area (Å²) < 4.78 is 2.24. The third kappa shape index (κ3) is 4.49. The number of halogens is 1. The lowest BCUT2D eigenvalue weighted by molar-refractivity contribution is -0.385.